The average molecular weight is 495 g/mol. The Kier molecular flexibility index (Phi) is 6.48. The molecule has 2 unspecified atom stereocenters. The molecule has 6 aliphatic rings. The number of carboxylic acids is 1. The number of ether oxygens (including phenoxy) is 1. The predicted molar refractivity (Wildman–Crippen MR) is 135 cm³/mol. The molecule has 1 aromatic rings. The van der Waals surface area contributed by atoms with Crippen LogP contribution in [-0.4, -0.2) is 52.3 Å². The van der Waals surface area contributed by atoms with E-state index in [4.69, 9.17) is 4.74 Å². The van der Waals surface area contributed by atoms with Crippen LogP contribution in [0.4, 0.5) is 5.69 Å². The fourth-order valence-electron chi connectivity index (χ4n) is 8.08. The highest BCUT2D eigenvalue weighted by Gasteiger charge is 2.53. The Morgan fingerprint density at radius 1 is 1.03 bits per heavy atom. The summed E-state index contributed by atoms with van der Waals surface area (Å²) in [4.78, 5) is 24.8. The Hall–Kier alpha value is -2.48. The molecule has 36 heavy (non-hydrogen) atoms. The van der Waals surface area contributed by atoms with E-state index in [-0.39, 0.29) is 29.2 Å². The van der Waals surface area contributed by atoms with Gasteiger partial charge in [-0.25, -0.2) is 4.79 Å². The highest BCUT2D eigenvalue weighted by molar-refractivity contribution is 5.97. The van der Waals surface area contributed by atoms with E-state index in [1.54, 1.807) is 12.1 Å². The molecular formula is C28H38N4O4. The van der Waals surface area contributed by atoms with Gasteiger partial charge in [0, 0.05) is 11.7 Å². The summed E-state index contributed by atoms with van der Waals surface area (Å²) in [6, 6.07) is 5.73. The number of benzene rings is 1. The summed E-state index contributed by atoms with van der Waals surface area (Å²) in [6.07, 6.45) is 14.6. The number of hydrogen-bond donors (Lipinski definition) is 2. The van der Waals surface area contributed by atoms with Gasteiger partial charge in [-0.3, -0.25) is 9.80 Å². The number of carboxylic acid groups (broad SMARTS) is 1. The lowest BCUT2D eigenvalue weighted by Gasteiger charge is -2.56. The van der Waals surface area contributed by atoms with Gasteiger partial charge in [0.1, 0.15) is 6.04 Å². The lowest BCUT2D eigenvalue weighted by Crippen LogP contribution is -2.55. The topological polar surface area (TPSA) is 104 Å². The van der Waals surface area contributed by atoms with E-state index in [1.165, 1.54) is 57.1 Å². The quantitative estimate of drug-likeness (QED) is 0.491. The van der Waals surface area contributed by atoms with Crippen molar-refractivity contribution in [2.75, 3.05) is 11.9 Å². The van der Waals surface area contributed by atoms with Crippen molar-refractivity contribution >= 4 is 17.6 Å². The molecule has 5 fully saturated rings. The van der Waals surface area contributed by atoms with Gasteiger partial charge in [-0.05, 0) is 87.3 Å². The van der Waals surface area contributed by atoms with Crippen molar-refractivity contribution < 1.29 is 19.4 Å². The monoisotopic (exact) mass is 494 g/mol. The van der Waals surface area contributed by atoms with E-state index >= 15 is 0 Å². The molecule has 1 aliphatic heterocycles. The van der Waals surface area contributed by atoms with Crippen molar-refractivity contribution in [2.24, 2.45) is 28.1 Å². The normalized spacial score (nSPS) is 35.7. The average Bonchev–Trinajstić information content (AvgIpc) is 3.08. The second kappa shape index (κ2) is 9.77. The molecule has 1 heterocycles. The summed E-state index contributed by atoms with van der Waals surface area (Å²) < 4.78 is 6.84. The van der Waals surface area contributed by atoms with Crippen molar-refractivity contribution in [2.45, 2.75) is 101 Å². The minimum Gasteiger partial charge on any atom is -0.478 e. The van der Waals surface area contributed by atoms with Gasteiger partial charge in [0.25, 0.3) is 5.91 Å². The van der Waals surface area contributed by atoms with Crippen molar-refractivity contribution in [3.05, 3.63) is 29.8 Å². The first-order valence-corrected chi connectivity index (χ1v) is 14.0. The van der Waals surface area contributed by atoms with Gasteiger partial charge in [-0.15, -0.1) is 0 Å². The molecule has 194 valence electrons. The maximum Gasteiger partial charge on any atom is 0.335 e. The van der Waals surface area contributed by atoms with Gasteiger partial charge < -0.3 is 15.2 Å². The van der Waals surface area contributed by atoms with Gasteiger partial charge in [0.05, 0.1) is 17.8 Å². The summed E-state index contributed by atoms with van der Waals surface area (Å²) in [7, 11) is 0. The number of nitrogens with one attached hydrogen (secondary N) is 1. The van der Waals surface area contributed by atoms with Crippen LogP contribution in [0.5, 0.6) is 0 Å². The zero-order valence-corrected chi connectivity index (χ0v) is 21.0. The lowest BCUT2D eigenvalue weighted by atomic mass is 9.54. The predicted octanol–water partition coefficient (Wildman–Crippen LogP) is 5.45. The number of anilines is 1. The van der Waals surface area contributed by atoms with Gasteiger partial charge in [-0.1, -0.05) is 37.0 Å². The molecule has 2 atom stereocenters. The first-order chi connectivity index (χ1) is 17.5. The van der Waals surface area contributed by atoms with E-state index in [0.717, 1.165) is 49.9 Å². The molecular weight excluding hydrogens is 456 g/mol. The Morgan fingerprint density at radius 2 is 1.69 bits per heavy atom. The SMILES string of the molecule is O=C(O)c1cccc(NC(=O)C2N=NN(C3CCCCCC3)C2COC23CC4CC(CC(C4)C2)C3)c1. The Labute approximate surface area is 212 Å². The molecule has 5 aliphatic carbocycles. The molecule has 0 aromatic heterocycles. The van der Waals surface area contributed by atoms with Crippen LogP contribution in [0.3, 0.4) is 0 Å². The molecule has 0 spiro atoms. The van der Waals surface area contributed by atoms with E-state index in [2.05, 4.69) is 20.7 Å². The largest absolute Gasteiger partial charge is 0.478 e. The highest BCUT2D eigenvalue weighted by atomic mass is 16.5. The second-order valence-electron chi connectivity index (χ2n) is 12.0. The van der Waals surface area contributed by atoms with E-state index < -0.39 is 12.0 Å². The fourth-order valence-corrected chi connectivity index (χ4v) is 8.08. The van der Waals surface area contributed by atoms with E-state index in [0.29, 0.717) is 12.3 Å². The molecule has 4 bridgehead atoms. The van der Waals surface area contributed by atoms with E-state index in [9.17, 15) is 14.7 Å². The molecule has 8 heteroatoms. The number of amides is 1. The van der Waals surface area contributed by atoms with Crippen molar-refractivity contribution in [3.8, 4) is 0 Å². The van der Waals surface area contributed by atoms with Gasteiger partial charge >= 0.3 is 5.97 Å². The molecule has 8 nitrogen and oxygen atoms in total. The van der Waals surface area contributed by atoms with Gasteiger partial charge in [0.2, 0.25) is 0 Å². The highest BCUT2D eigenvalue weighted by Crippen LogP contribution is 2.57. The summed E-state index contributed by atoms with van der Waals surface area (Å²) in [6.45, 7) is 0.461. The molecule has 0 saturated heterocycles. The summed E-state index contributed by atoms with van der Waals surface area (Å²) in [5.74, 6) is 1.12. The van der Waals surface area contributed by atoms with Crippen molar-refractivity contribution in [3.63, 3.8) is 0 Å². The standard InChI is InChI=1S/C28H38N4O4/c33-26(29-22-7-5-6-21(13-22)27(34)35)25-24(32(31-30-25)23-8-3-1-2-4-9-23)17-36-28-14-18-10-19(15-28)12-20(11-18)16-28/h5-7,13,18-20,23-25H,1-4,8-12,14-17H2,(H,29,33)(H,34,35). The lowest BCUT2D eigenvalue weighted by molar-refractivity contribution is -0.172. The Bertz CT molecular complexity index is 983. The maximum absolute atomic E-state index is 13.4. The third-order valence-corrected chi connectivity index (χ3v) is 9.37. The molecule has 1 amide bonds. The first kappa shape index (κ1) is 23.9. The van der Waals surface area contributed by atoms with Crippen LogP contribution in [-0.2, 0) is 9.53 Å². The van der Waals surface area contributed by atoms with Crippen molar-refractivity contribution in [1.29, 1.82) is 0 Å². The summed E-state index contributed by atoms with van der Waals surface area (Å²) >= 11 is 0. The molecule has 0 radical (unpaired) electrons. The first-order valence-electron chi connectivity index (χ1n) is 14.0. The van der Waals surface area contributed by atoms with Crippen LogP contribution in [0.2, 0.25) is 0 Å². The van der Waals surface area contributed by atoms with Crippen LogP contribution in [0.1, 0.15) is 87.4 Å². The number of carbonyl (C=O) groups is 2. The Morgan fingerprint density at radius 3 is 2.33 bits per heavy atom. The van der Waals surface area contributed by atoms with Crippen LogP contribution in [0.15, 0.2) is 34.6 Å². The molecule has 1 aromatic carbocycles. The fraction of sp³-hybridized carbons (Fsp3) is 0.714. The third-order valence-electron chi connectivity index (χ3n) is 9.37. The number of aromatic carboxylic acids is 1. The number of rotatable bonds is 7. The van der Waals surface area contributed by atoms with E-state index in [1.807, 2.05) is 0 Å². The van der Waals surface area contributed by atoms with Crippen LogP contribution in [0, 0.1) is 17.8 Å². The summed E-state index contributed by atoms with van der Waals surface area (Å²) in [5, 5.41) is 23.3. The number of carbonyl (C=O) groups excluding carboxylic acids is 1. The zero-order valence-electron chi connectivity index (χ0n) is 21.0. The van der Waals surface area contributed by atoms with Crippen LogP contribution < -0.4 is 5.32 Å². The van der Waals surface area contributed by atoms with Crippen LogP contribution in [0.25, 0.3) is 0 Å². The maximum atomic E-state index is 13.4. The molecule has 5 saturated carbocycles. The van der Waals surface area contributed by atoms with Gasteiger partial charge in [0.15, 0.2) is 6.04 Å². The smallest absolute Gasteiger partial charge is 0.335 e. The molecule has 2 N–H and O–H groups in total. The number of hydrogen-bond acceptors (Lipinski definition) is 6. The Balaban J connectivity index is 1.19. The minimum atomic E-state index is -1.02. The number of nitrogens with zero attached hydrogens (tertiary/aromatic N) is 3. The second-order valence-corrected chi connectivity index (χ2v) is 12.0. The van der Waals surface area contributed by atoms with Crippen molar-refractivity contribution in [1.82, 2.24) is 5.01 Å². The zero-order chi connectivity index (χ0) is 24.7. The van der Waals surface area contributed by atoms with Gasteiger partial charge in [-0.2, -0.15) is 5.11 Å². The summed E-state index contributed by atoms with van der Waals surface area (Å²) in [5.41, 5.74) is 0.565. The molecule has 7 rings (SSSR count). The third kappa shape index (κ3) is 4.76. The van der Waals surface area contributed by atoms with Crippen LogP contribution >= 0.6 is 0 Å². The minimum absolute atomic E-state index is 0.0384.